The highest BCUT2D eigenvalue weighted by molar-refractivity contribution is 6.26. The van der Waals surface area contributed by atoms with Crippen molar-refractivity contribution >= 4 is 65.2 Å². The van der Waals surface area contributed by atoms with E-state index in [0.717, 1.165) is 77.5 Å². The Balaban J connectivity index is 0.954. The second-order valence-electron chi connectivity index (χ2n) is 16.5. The van der Waals surface area contributed by atoms with Crippen LogP contribution in [-0.2, 0) is 0 Å². The Labute approximate surface area is 374 Å². The highest BCUT2D eigenvalue weighted by Crippen LogP contribution is 2.43. The van der Waals surface area contributed by atoms with Gasteiger partial charge in [0.2, 0.25) is 0 Å². The minimum absolute atomic E-state index is 0.579. The van der Waals surface area contributed by atoms with Crippen LogP contribution < -0.4 is 0 Å². The molecule has 10 aromatic carbocycles. The van der Waals surface area contributed by atoms with Crippen molar-refractivity contribution in [1.82, 2.24) is 19.9 Å². The van der Waals surface area contributed by atoms with E-state index in [0.29, 0.717) is 17.5 Å². The topological polar surface area (TPSA) is 64.7 Å². The highest BCUT2D eigenvalue weighted by Gasteiger charge is 2.21. The van der Waals surface area contributed by atoms with Gasteiger partial charge in [0, 0.05) is 44.0 Å². The summed E-state index contributed by atoms with van der Waals surface area (Å²) < 4.78 is 6.73. The average molecular weight is 829 g/mol. The van der Waals surface area contributed by atoms with Crippen LogP contribution in [0.5, 0.6) is 0 Å². The molecular weight excluding hydrogens is 793 g/mol. The van der Waals surface area contributed by atoms with Crippen molar-refractivity contribution in [2.75, 3.05) is 0 Å². The van der Waals surface area contributed by atoms with Gasteiger partial charge >= 0.3 is 0 Å². The molecule has 0 N–H and O–H groups in total. The van der Waals surface area contributed by atoms with Gasteiger partial charge < -0.3 is 4.42 Å². The van der Waals surface area contributed by atoms with Gasteiger partial charge in [-0.2, -0.15) is 0 Å². The van der Waals surface area contributed by atoms with Crippen molar-refractivity contribution in [2.24, 2.45) is 0 Å². The Hall–Kier alpha value is -8.80. The third-order valence-electron chi connectivity index (χ3n) is 12.7. The molecule has 0 fully saturated rings. The third kappa shape index (κ3) is 6.16. The van der Waals surface area contributed by atoms with Crippen molar-refractivity contribution in [3.63, 3.8) is 0 Å². The van der Waals surface area contributed by atoms with Crippen molar-refractivity contribution in [1.29, 1.82) is 0 Å². The van der Waals surface area contributed by atoms with Gasteiger partial charge in [-0.05, 0) is 67.2 Å². The predicted octanol–water partition coefficient (Wildman–Crippen LogP) is 15.8. The van der Waals surface area contributed by atoms with Crippen LogP contribution in [0.2, 0.25) is 0 Å². The van der Waals surface area contributed by atoms with E-state index in [9.17, 15) is 0 Å². The SMILES string of the molecule is c1ccc(-c2nc(-c3ccccc3)nc(-c3cccc(-c4nc5c(-c6ccc(-c7ccc8c9ccccc9c9ccccc9c8c7)cc6)cccc5c5c4oc4ccccc45)c3)n2)cc1. The van der Waals surface area contributed by atoms with Crippen LogP contribution in [0.1, 0.15) is 0 Å². The van der Waals surface area contributed by atoms with Gasteiger partial charge in [0.25, 0.3) is 0 Å². The lowest BCUT2D eigenvalue weighted by Gasteiger charge is -2.13. The van der Waals surface area contributed by atoms with Crippen LogP contribution in [0.25, 0.3) is 133 Å². The summed E-state index contributed by atoms with van der Waals surface area (Å²) in [7, 11) is 0. The number of para-hydroxylation sites is 2. The van der Waals surface area contributed by atoms with E-state index in [4.69, 9.17) is 24.4 Å². The number of benzene rings is 10. The van der Waals surface area contributed by atoms with Crippen molar-refractivity contribution in [3.05, 3.63) is 218 Å². The minimum Gasteiger partial charge on any atom is -0.454 e. The molecule has 65 heavy (non-hydrogen) atoms. The molecule has 0 atom stereocenters. The third-order valence-corrected chi connectivity index (χ3v) is 12.7. The smallest absolute Gasteiger partial charge is 0.164 e. The Bertz CT molecular complexity index is 3900. The summed E-state index contributed by atoms with van der Waals surface area (Å²) in [5.41, 5.74) is 11.3. The molecule has 5 nitrogen and oxygen atoms in total. The molecule has 0 aliphatic heterocycles. The molecule has 0 amide bonds. The second-order valence-corrected chi connectivity index (χ2v) is 16.5. The summed E-state index contributed by atoms with van der Waals surface area (Å²) in [6, 6.07) is 76.4. The maximum Gasteiger partial charge on any atom is 0.164 e. The normalized spacial score (nSPS) is 11.7. The van der Waals surface area contributed by atoms with Crippen molar-refractivity contribution in [3.8, 4) is 67.7 Å². The largest absolute Gasteiger partial charge is 0.454 e. The molecule has 0 saturated heterocycles. The fourth-order valence-electron chi connectivity index (χ4n) is 9.61. The average Bonchev–Trinajstić information content (AvgIpc) is 3.79. The molecule has 0 saturated carbocycles. The first-order valence-electron chi connectivity index (χ1n) is 21.9. The van der Waals surface area contributed by atoms with Gasteiger partial charge in [-0.25, -0.2) is 19.9 Å². The summed E-state index contributed by atoms with van der Waals surface area (Å²) in [5, 5.41) is 10.8. The van der Waals surface area contributed by atoms with E-state index in [1.54, 1.807) is 0 Å². The Morgan fingerprint density at radius 1 is 0.277 bits per heavy atom. The first-order chi connectivity index (χ1) is 32.2. The molecule has 302 valence electrons. The van der Waals surface area contributed by atoms with Crippen LogP contribution in [0.3, 0.4) is 0 Å². The maximum absolute atomic E-state index is 6.73. The number of furan rings is 1. The number of aromatic nitrogens is 4. The lowest BCUT2D eigenvalue weighted by molar-refractivity contribution is 0.669. The van der Waals surface area contributed by atoms with Crippen molar-refractivity contribution in [2.45, 2.75) is 0 Å². The Morgan fingerprint density at radius 3 is 1.42 bits per heavy atom. The fourth-order valence-corrected chi connectivity index (χ4v) is 9.61. The first kappa shape index (κ1) is 36.8. The van der Waals surface area contributed by atoms with E-state index in [1.165, 1.54) is 37.9 Å². The maximum atomic E-state index is 6.73. The van der Waals surface area contributed by atoms with Gasteiger partial charge in [-0.1, -0.05) is 200 Å². The first-order valence-corrected chi connectivity index (χ1v) is 21.9. The van der Waals surface area contributed by atoms with Gasteiger partial charge in [0.05, 0.1) is 5.52 Å². The monoisotopic (exact) mass is 828 g/mol. The van der Waals surface area contributed by atoms with Gasteiger partial charge in [-0.3, -0.25) is 0 Å². The van der Waals surface area contributed by atoms with E-state index in [-0.39, 0.29) is 0 Å². The van der Waals surface area contributed by atoms with Crippen LogP contribution in [0.4, 0.5) is 0 Å². The molecular formula is C60H36N4O. The molecule has 0 bridgehead atoms. The molecule has 5 heteroatoms. The molecule has 0 unspecified atom stereocenters. The highest BCUT2D eigenvalue weighted by atomic mass is 16.3. The Morgan fingerprint density at radius 2 is 0.754 bits per heavy atom. The lowest BCUT2D eigenvalue weighted by Crippen LogP contribution is -2.00. The number of hydrogen-bond acceptors (Lipinski definition) is 5. The molecule has 13 rings (SSSR count). The summed E-state index contributed by atoms with van der Waals surface area (Å²) in [4.78, 5) is 20.5. The molecule has 3 aromatic heterocycles. The van der Waals surface area contributed by atoms with E-state index < -0.39 is 0 Å². The zero-order valence-corrected chi connectivity index (χ0v) is 35.0. The lowest BCUT2D eigenvalue weighted by atomic mass is 9.91. The molecule has 3 heterocycles. The predicted molar refractivity (Wildman–Crippen MR) is 268 cm³/mol. The van der Waals surface area contributed by atoms with Gasteiger partial charge in [-0.15, -0.1) is 0 Å². The molecule has 0 spiro atoms. The molecule has 0 aliphatic carbocycles. The Kier molecular flexibility index (Phi) is 8.46. The van der Waals surface area contributed by atoms with Crippen LogP contribution in [-0.4, -0.2) is 19.9 Å². The summed E-state index contributed by atoms with van der Waals surface area (Å²) in [6.07, 6.45) is 0. The number of fused-ring (bicyclic) bond motifs is 11. The summed E-state index contributed by atoms with van der Waals surface area (Å²) in [5.74, 6) is 1.80. The molecule has 0 radical (unpaired) electrons. The zero-order chi connectivity index (χ0) is 42.8. The molecule has 13 aromatic rings. The van der Waals surface area contributed by atoms with Crippen molar-refractivity contribution < 1.29 is 4.42 Å². The van der Waals surface area contributed by atoms with Gasteiger partial charge in [0.1, 0.15) is 11.3 Å². The van der Waals surface area contributed by atoms with Crippen LogP contribution in [0.15, 0.2) is 223 Å². The van der Waals surface area contributed by atoms with Crippen LogP contribution in [0, 0.1) is 0 Å². The number of nitrogens with zero attached hydrogens (tertiary/aromatic N) is 4. The summed E-state index contributed by atoms with van der Waals surface area (Å²) >= 11 is 0. The van der Waals surface area contributed by atoms with Crippen LogP contribution >= 0.6 is 0 Å². The number of hydrogen-bond donors (Lipinski definition) is 0. The molecule has 0 aliphatic rings. The number of pyridine rings is 1. The van der Waals surface area contributed by atoms with E-state index in [1.807, 2.05) is 84.9 Å². The quantitative estimate of drug-likeness (QED) is 0.156. The van der Waals surface area contributed by atoms with E-state index >= 15 is 0 Å². The standard InChI is InChI=1S/C60H36N4O/c1-3-15-39(16-4-1)58-62-59(40-17-5-2-6-18-40)64-60(63-58)43-20-13-19-42(35-43)55-57-54(50-25-11-12-28-53(50)65-57)51-27-14-26-44(56(51)61-55)38-31-29-37(30-32-38)41-33-34-49-47-23-8-7-21-45(47)46-22-9-10-24-48(46)52(49)36-41/h1-36H. The van der Waals surface area contributed by atoms with E-state index in [2.05, 4.69) is 133 Å². The fraction of sp³-hybridized carbons (Fsp3) is 0. The van der Waals surface area contributed by atoms with Gasteiger partial charge in [0.15, 0.2) is 23.1 Å². The summed E-state index contributed by atoms with van der Waals surface area (Å²) in [6.45, 7) is 0. The number of rotatable bonds is 6. The zero-order valence-electron chi connectivity index (χ0n) is 35.0. The minimum atomic E-state index is 0.579. The second kappa shape index (κ2) is 14.9.